The third kappa shape index (κ3) is 2.03. The van der Waals surface area contributed by atoms with E-state index in [4.69, 9.17) is 10.5 Å². The zero-order chi connectivity index (χ0) is 14.5. The number of alkyl halides is 3. The maximum Gasteiger partial charge on any atom is 0.471 e. The van der Waals surface area contributed by atoms with Gasteiger partial charge in [0.2, 0.25) is 0 Å². The summed E-state index contributed by atoms with van der Waals surface area (Å²) in [7, 11) is 0. The van der Waals surface area contributed by atoms with Gasteiger partial charge in [-0.1, -0.05) is 11.3 Å². The molecule has 0 aromatic carbocycles. The van der Waals surface area contributed by atoms with Crippen molar-refractivity contribution >= 4 is 28.7 Å². The number of anilines is 2. The number of nitrogens with zero attached hydrogens (tertiary/aromatic N) is 2. The fourth-order valence-corrected chi connectivity index (χ4v) is 2.95. The number of amides is 1. The first-order valence-electron chi connectivity index (χ1n) is 5.58. The predicted octanol–water partition coefficient (Wildman–Crippen LogP) is 2.12. The van der Waals surface area contributed by atoms with Crippen molar-refractivity contribution in [1.29, 1.82) is 0 Å². The number of nitrogen functional groups attached to an aromatic ring is 1. The Kier molecular flexibility index (Phi) is 2.75. The average Bonchev–Trinajstić information content (AvgIpc) is 2.72. The molecule has 3 heterocycles. The lowest BCUT2D eigenvalue weighted by molar-refractivity contribution is -0.170. The zero-order valence-electron chi connectivity index (χ0n) is 9.90. The standard InChI is InChI=1S/C11H8F3N3O2S/c12-11(13,14)10(18)17-1-2-19-9-6(17)3-5-4-7(15)16-8(5)20-9/h3-4H,1-2,15H2. The molecule has 3 aliphatic rings. The van der Waals surface area contributed by atoms with Crippen LogP contribution in [0.25, 0.3) is 10.6 Å². The number of carbonyl (C=O) groups excluding carboxylic acids is 1. The number of hydrogen-bond donors (Lipinski definition) is 1. The number of fused-ring (bicyclic) bond motifs is 2. The van der Waals surface area contributed by atoms with Crippen molar-refractivity contribution < 1.29 is 22.7 Å². The first-order valence-corrected chi connectivity index (χ1v) is 6.39. The molecular weight excluding hydrogens is 295 g/mol. The second-order valence-electron chi connectivity index (χ2n) is 4.16. The van der Waals surface area contributed by atoms with Crippen LogP contribution in [0.2, 0.25) is 0 Å². The van der Waals surface area contributed by atoms with Crippen molar-refractivity contribution in [2.45, 2.75) is 6.18 Å². The van der Waals surface area contributed by atoms with E-state index in [1.807, 2.05) is 0 Å². The van der Waals surface area contributed by atoms with Crippen LogP contribution < -0.4 is 15.4 Å². The summed E-state index contributed by atoms with van der Waals surface area (Å²) in [4.78, 5) is 16.1. The van der Waals surface area contributed by atoms with E-state index >= 15 is 0 Å². The largest absolute Gasteiger partial charge is 0.480 e. The van der Waals surface area contributed by atoms with Crippen LogP contribution in [-0.4, -0.2) is 30.2 Å². The van der Waals surface area contributed by atoms with Crippen molar-refractivity contribution in [1.82, 2.24) is 4.98 Å². The van der Waals surface area contributed by atoms with E-state index in [0.717, 1.165) is 11.3 Å². The van der Waals surface area contributed by atoms with E-state index < -0.39 is 12.1 Å². The molecule has 0 saturated heterocycles. The Hall–Kier alpha value is -2.03. The molecule has 0 spiro atoms. The Morgan fingerprint density at radius 1 is 1.45 bits per heavy atom. The maximum absolute atomic E-state index is 12.6. The highest BCUT2D eigenvalue weighted by Gasteiger charge is 2.44. The fourth-order valence-electron chi connectivity index (χ4n) is 1.97. The molecule has 9 heteroatoms. The van der Waals surface area contributed by atoms with Gasteiger partial charge in [-0.05, 0) is 12.1 Å². The summed E-state index contributed by atoms with van der Waals surface area (Å²) in [5.41, 5.74) is 6.23. The van der Waals surface area contributed by atoms with Crippen molar-refractivity contribution in [3.05, 3.63) is 12.1 Å². The molecule has 0 fully saturated rings. The summed E-state index contributed by atoms with van der Waals surface area (Å²) < 4.78 is 43.1. The molecule has 3 rings (SSSR count). The van der Waals surface area contributed by atoms with Crippen LogP contribution in [-0.2, 0) is 4.79 Å². The summed E-state index contributed by atoms with van der Waals surface area (Å²) in [6.45, 7) is -0.139. The van der Waals surface area contributed by atoms with E-state index in [1.54, 1.807) is 0 Å². The first-order chi connectivity index (χ1) is 9.36. The predicted molar refractivity (Wildman–Crippen MR) is 67.1 cm³/mol. The van der Waals surface area contributed by atoms with E-state index in [0.29, 0.717) is 15.5 Å². The Bertz CT molecular complexity index is 655. The second-order valence-corrected chi connectivity index (χ2v) is 5.13. The fraction of sp³-hybridized carbons (Fsp3) is 0.273. The summed E-state index contributed by atoms with van der Waals surface area (Å²) in [6.07, 6.45) is -4.92. The van der Waals surface area contributed by atoms with E-state index in [1.165, 1.54) is 12.1 Å². The topological polar surface area (TPSA) is 68.5 Å². The van der Waals surface area contributed by atoms with Gasteiger partial charge in [0.25, 0.3) is 0 Å². The molecule has 0 bridgehead atoms. The molecule has 0 aromatic rings. The molecule has 0 aromatic heterocycles. The highest BCUT2D eigenvalue weighted by molar-refractivity contribution is 7.17. The van der Waals surface area contributed by atoms with Crippen molar-refractivity contribution in [2.24, 2.45) is 0 Å². The van der Waals surface area contributed by atoms with E-state index in [2.05, 4.69) is 4.98 Å². The number of halogens is 3. The summed E-state index contributed by atoms with van der Waals surface area (Å²) in [5, 5.41) is 0.794. The Morgan fingerprint density at radius 3 is 2.90 bits per heavy atom. The molecule has 0 aliphatic carbocycles. The van der Waals surface area contributed by atoms with Gasteiger partial charge >= 0.3 is 12.1 Å². The summed E-state index contributed by atoms with van der Waals surface area (Å²) in [5.74, 6) is -1.63. The SMILES string of the molecule is Nc1cc2cc3c(sc-2n1)OCCN3C(=O)C(F)(F)F. The Balaban J connectivity index is 2.11. The molecule has 0 radical (unpaired) electrons. The van der Waals surface area contributed by atoms with Crippen molar-refractivity contribution in [2.75, 3.05) is 23.8 Å². The molecular formula is C11H8F3N3O2S. The normalized spacial score (nSPS) is 15.1. The zero-order valence-corrected chi connectivity index (χ0v) is 10.7. The molecule has 5 nitrogen and oxygen atoms in total. The smallest absolute Gasteiger partial charge is 0.471 e. The van der Waals surface area contributed by atoms with Crippen LogP contribution in [0.15, 0.2) is 12.1 Å². The minimum absolute atomic E-state index is 0.00696. The minimum atomic E-state index is -4.92. The van der Waals surface area contributed by atoms with Crippen LogP contribution in [0.4, 0.5) is 24.7 Å². The van der Waals surface area contributed by atoms with Crippen molar-refractivity contribution in [3.63, 3.8) is 0 Å². The molecule has 1 amide bonds. The van der Waals surface area contributed by atoms with Crippen LogP contribution in [0.1, 0.15) is 0 Å². The first kappa shape index (κ1) is 13.0. The molecule has 106 valence electrons. The van der Waals surface area contributed by atoms with Gasteiger partial charge in [-0.3, -0.25) is 9.69 Å². The molecule has 0 atom stereocenters. The van der Waals surface area contributed by atoms with Gasteiger partial charge < -0.3 is 10.5 Å². The van der Waals surface area contributed by atoms with Gasteiger partial charge in [-0.2, -0.15) is 13.2 Å². The Labute approximate surface area is 115 Å². The lowest BCUT2D eigenvalue weighted by Crippen LogP contribution is -2.45. The lowest BCUT2D eigenvalue weighted by atomic mass is 10.2. The summed E-state index contributed by atoms with van der Waals surface area (Å²) >= 11 is 1.07. The van der Waals surface area contributed by atoms with Crippen LogP contribution in [0, 0.1) is 0 Å². The molecule has 0 unspecified atom stereocenters. The summed E-state index contributed by atoms with van der Waals surface area (Å²) in [6, 6.07) is 2.98. The van der Waals surface area contributed by atoms with Crippen LogP contribution in [0.5, 0.6) is 5.06 Å². The highest BCUT2D eigenvalue weighted by atomic mass is 32.1. The van der Waals surface area contributed by atoms with E-state index in [-0.39, 0.29) is 29.7 Å². The minimum Gasteiger partial charge on any atom is -0.480 e. The lowest BCUT2D eigenvalue weighted by Gasteiger charge is -2.29. The van der Waals surface area contributed by atoms with Crippen LogP contribution >= 0.6 is 11.3 Å². The number of ether oxygens (including phenoxy) is 1. The molecule has 2 N–H and O–H groups in total. The number of carbonyl (C=O) groups is 1. The van der Waals surface area contributed by atoms with Gasteiger partial charge in [-0.25, -0.2) is 4.98 Å². The van der Waals surface area contributed by atoms with Gasteiger partial charge in [0, 0.05) is 5.56 Å². The molecule has 0 saturated carbocycles. The second kappa shape index (κ2) is 4.23. The number of aromatic nitrogens is 1. The number of hydrogen-bond acceptors (Lipinski definition) is 5. The monoisotopic (exact) mass is 303 g/mol. The quantitative estimate of drug-likeness (QED) is 0.809. The van der Waals surface area contributed by atoms with Crippen LogP contribution in [0.3, 0.4) is 0 Å². The number of rotatable bonds is 0. The number of nitrogens with two attached hydrogens (primary N) is 1. The van der Waals surface area contributed by atoms with Gasteiger partial charge in [0.15, 0.2) is 5.06 Å². The van der Waals surface area contributed by atoms with Gasteiger partial charge in [0.1, 0.15) is 17.4 Å². The highest BCUT2D eigenvalue weighted by Crippen LogP contribution is 2.44. The maximum atomic E-state index is 12.6. The average molecular weight is 303 g/mol. The Morgan fingerprint density at radius 2 is 2.20 bits per heavy atom. The van der Waals surface area contributed by atoms with Gasteiger partial charge in [-0.15, -0.1) is 0 Å². The molecule has 3 aliphatic heterocycles. The van der Waals surface area contributed by atoms with E-state index in [9.17, 15) is 18.0 Å². The third-order valence-corrected chi connectivity index (χ3v) is 3.83. The molecule has 20 heavy (non-hydrogen) atoms. The third-order valence-electron chi connectivity index (χ3n) is 2.80. The van der Waals surface area contributed by atoms with Gasteiger partial charge in [0.05, 0.1) is 12.2 Å². The van der Waals surface area contributed by atoms with Crippen molar-refractivity contribution in [3.8, 4) is 15.6 Å².